The molecule has 2 aromatic carbocycles. The van der Waals surface area contributed by atoms with Crippen LogP contribution >= 0.6 is 0 Å². The van der Waals surface area contributed by atoms with Gasteiger partial charge in [-0.15, -0.1) is 10.2 Å². The number of nitrogens with one attached hydrogen (secondary N) is 1. The van der Waals surface area contributed by atoms with E-state index in [0.29, 0.717) is 25.2 Å². The fourth-order valence-corrected chi connectivity index (χ4v) is 3.36. The molecule has 1 N–H and O–H groups in total. The lowest BCUT2D eigenvalue weighted by molar-refractivity contribution is -0.137. The van der Waals surface area contributed by atoms with Crippen molar-refractivity contribution in [3.05, 3.63) is 65.2 Å². The van der Waals surface area contributed by atoms with Crippen molar-refractivity contribution in [3.63, 3.8) is 0 Å². The largest absolute Gasteiger partial charge is 0.416 e. The molecule has 150 valence electrons. The second-order valence-electron chi connectivity index (χ2n) is 7.00. The Labute approximate surface area is 164 Å². The topological polar surface area (TPSA) is 72.7 Å². The van der Waals surface area contributed by atoms with Gasteiger partial charge in [0.25, 0.3) is 0 Å². The first-order valence-corrected chi connectivity index (χ1v) is 9.20. The first kappa shape index (κ1) is 19.1. The summed E-state index contributed by atoms with van der Waals surface area (Å²) in [5.74, 6) is 0.467. The molecule has 1 aliphatic rings. The van der Waals surface area contributed by atoms with Crippen LogP contribution in [0.1, 0.15) is 29.5 Å². The summed E-state index contributed by atoms with van der Waals surface area (Å²) < 4.78 is 38.3. The number of nitrogens with zero attached hydrogens (tertiary/aromatic N) is 4. The first-order valence-electron chi connectivity index (χ1n) is 9.20. The third-order valence-corrected chi connectivity index (χ3v) is 4.86. The lowest BCUT2D eigenvalue weighted by Gasteiger charge is -2.09. The Balaban J connectivity index is 1.52. The molecule has 1 atom stereocenters. The Morgan fingerprint density at radius 3 is 2.55 bits per heavy atom. The van der Waals surface area contributed by atoms with Gasteiger partial charge in [0.15, 0.2) is 0 Å². The van der Waals surface area contributed by atoms with Crippen LogP contribution in [0.15, 0.2) is 48.5 Å². The van der Waals surface area contributed by atoms with E-state index >= 15 is 0 Å². The average Bonchev–Trinajstić information content (AvgIpc) is 3.31. The van der Waals surface area contributed by atoms with Crippen molar-refractivity contribution >= 4 is 5.91 Å². The van der Waals surface area contributed by atoms with Crippen LogP contribution in [0.25, 0.3) is 11.4 Å². The van der Waals surface area contributed by atoms with Crippen LogP contribution in [0.4, 0.5) is 13.2 Å². The Morgan fingerprint density at radius 2 is 1.86 bits per heavy atom. The molecule has 0 bridgehead atoms. The van der Waals surface area contributed by atoms with Gasteiger partial charge in [-0.1, -0.05) is 36.4 Å². The molecule has 1 amide bonds. The van der Waals surface area contributed by atoms with Crippen LogP contribution in [0.2, 0.25) is 0 Å². The van der Waals surface area contributed by atoms with Crippen LogP contribution < -0.4 is 5.32 Å². The molecule has 4 rings (SSSR count). The zero-order valence-corrected chi connectivity index (χ0v) is 15.4. The highest BCUT2D eigenvalue weighted by molar-refractivity contribution is 5.78. The third-order valence-electron chi connectivity index (χ3n) is 4.86. The molecule has 0 aliphatic carbocycles. The summed E-state index contributed by atoms with van der Waals surface area (Å²) >= 11 is 0. The summed E-state index contributed by atoms with van der Waals surface area (Å²) in [5.41, 5.74) is 1.75. The van der Waals surface area contributed by atoms with E-state index in [9.17, 15) is 18.0 Å². The maximum atomic E-state index is 12.8. The van der Waals surface area contributed by atoms with Crippen molar-refractivity contribution in [2.45, 2.75) is 38.0 Å². The van der Waals surface area contributed by atoms with E-state index in [4.69, 9.17) is 0 Å². The Hall–Kier alpha value is -3.23. The van der Waals surface area contributed by atoms with Gasteiger partial charge >= 0.3 is 6.18 Å². The number of halogens is 3. The van der Waals surface area contributed by atoms with Gasteiger partial charge in [-0.25, -0.2) is 0 Å². The number of alkyl halides is 3. The second kappa shape index (κ2) is 7.65. The standard InChI is InChI=1S/C20H18F3N5O/c21-20(22,23)15-7-5-13(6-8-15)11-14-3-1-2-4-17(14)19-25-27-28(26-19)12-16-9-10-18(29)24-16/h1-8,16H,9-12H2,(H,24,29). The van der Waals surface area contributed by atoms with E-state index in [1.165, 1.54) is 16.9 Å². The summed E-state index contributed by atoms with van der Waals surface area (Å²) in [7, 11) is 0. The number of hydrogen-bond acceptors (Lipinski definition) is 4. The van der Waals surface area contributed by atoms with E-state index in [2.05, 4.69) is 20.7 Å². The van der Waals surface area contributed by atoms with Crippen molar-refractivity contribution in [1.82, 2.24) is 25.5 Å². The maximum absolute atomic E-state index is 12.8. The van der Waals surface area contributed by atoms with E-state index in [1.807, 2.05) is 24.3 Å². The van der Waals surface area contributed by atoms with Crippen LogP contribution in [-0.2, 0) is 23.9 Å². The Kier molecular flexibility index (Phi) is 5.04. The van der Waals surface area contributed by atoms with Crippen LogP contribution in [0.5, 0.6) is 0 Å². The normalized spacial score (nSPS) is 16.8. The molecule has 0 saturated carbocycles. The van der Waals surface area contributed by atoms with E-state index in [-0.39, 0.29) is 11.9 Å². The molecule has 9 heteroatoms. The lowest BCUT2D eigenvalue weighted by atomic mass is 9.98. The Morgan fingerprint density at radius 1 is 1.10 bits per heavy atom. The van der Waals surface area contributed by atoms with Crippen molar-refractivity contribution < 1.29 is 18.0 Å². The van der Waals surface area contributed by atoms with Crippen molar-refractivity contribution in [3.8, 4) is 11.4 Å². The van der Waals surface area contributed by atoms with Gasteiger partial charge in [-0.2, -0.15) is 18.0 Å². The quantitative estimate of drug-likeness (QED) is 0.713. The molecule has 29 heavy (non-hydrogen) atoms. The predicted molar refractivity (Wildman–Crippen MR) is 98.7 cm³/mol. The minimum atomic E-state index is -4.35. The number of rotatable bonds is 5. The number of carbonyl (C=O) groups is 1. The fraction of sp³-hybridized carbons (Fsp3) is 0.300. The highest BCUT2D eigenvalue weighted by Gasteiger charge is 2.30. The summed E-state index contributed by atoms with van der Waals surface area (Å²) in [4.78, 5) is 12.8. The van der Waals surface area contributed by atoms with Crippen molar-refractivity contribution in [1.29, 1.82) is 0 Å². The first-order chi connectivity index (χ1) is 13.9. The zero-order chi connectivity index (χ0) is 20.4. The fourth-order valence-electron chi connectivity index (χ4n) is 3.36. The number of hydrogen-bond donors (Lipinski definition) is 1. The van der Waals surface area contributed by atoms with Crippen LogP contribution in [0.3, 0.4) is 0 Å². The molecule has 1 aromatic heterocycles. The van der Waals surface area contributed by atoms with Gasteiger partial charge in [0, 0.05) is 12.0 Å². The van der Waals surface area contributed by atoms with E-state index in [0.717, 1.165) is 35.2 Å². The predicted octanol–water partition coefficient (Wildman–Crippen LogP) is 3.23. The minimum absolute atomic E-state index is 0.00746. The molecule has 6 nitrogen and oxygen atoms in total. The highest BCUT2D eigenvalue weighted by atomic mass is 19.4. The van der Waals surface area contributed by atoms with Crippen molar-refractivity contribution in [2.24, 2.45) is 0 Å². The molecule has 0 spiro atoms. The highest BCUT2D eigenvalue weighted by Crippen LogP contribution is 2.30. The lowest BCUT2D eigenvalue weighted by Crippen LogP contribution is -2.30. The minimum Gasteiger partial charge on any atom is -0.351 e. The smallest absolute Gasteiger partial charge is 0.351 e. The molecule has 1 saturated heterocycles. The molecular formula is C20H18F3N5O. The monoisotopic (exact) mass is 401 g/mol. The zero-order valence-electron chi connectivity index (χ0n) is 15.4. The molecule has 1 fully saturated rings. The second-order valence-corrected chi connectivity index (χ2v) is 7.00. The Bertz CT molecular complexity index is 1010. The molecule has 0 radical (unpaired) electrons. The summed E-state index contributed by atoms with van der Waals surface area (Å²) in [6.07, 6.45) is -2.67. The van der Waals surface area contributed by atoms with Gasteiger partial charge in [0.1, 0.15) is 0 Å². The number of tetrazole rings is 1. The van der Waals surface area contributed by atoms with Gasteiger partial charge in [0.05, 0.1) is 18.2 Å². The SMILES string of the molecule is O=C1CCC(Cn2nnc(-c3ccccc3Cc3ccc(C(F)(F)F)cc3)n2)N1. The molecule has 3 aromatic rings. The summed E-state index contributed by atoms with van der Waals surface area (Å²) in [6.45, 7) is 0.444. The number of benzene rings is 2. The molecule has 1 aliphatic heterocycles. The van der Waals surface area contributed by atoms with Gasteiger partial charge in [-0.3, -0.25) is 4.79 Å². The molecule has 2 heterocycles. The average molecular weight is 401 g/mol. The van der Waals surface area contributed by atoms with Crippen LogP contribution in [0, 0.1) is 0 Å². The van der Waals surface area contributed by atoms with E-state index < -0.39 is 11.7 Å². The van der Waals surface area contributed by atoms with Crippen molar-refractivity contribution in [2.75, 3.05) is 0 Å². The van der Waals surface area contributed by atoms with Gasteiger partial charge in [0.2, 0.25) is 11.7 Å². The van der Waals surface area contributed by atoms with Crippen LogP contribution in [-0.4, -0.2) is 32.2 Å². The number of amides is 1. The molecule has 1 unspecified atom stereocenters. The third kappa shape index (κ3) is 4.44. The number of carbonyl (C=O) groups excluding carboxylic acids is 1. The molecular weight excluding hydrogens is 383 g/mol. The van der Waals surface area contributed by atoms with E-state index in [1.54, 1.807) is 0 Å². The van der Waals surface area contributed by atoms with Gasteiger partial charge < -0.3 is 5.32 Å². The van der Waals surface area contributed by atoms with Gasteiger partial charge in [-0.05, 0) is 41.3 Å². The summed E-state index contributed by atoms with van der Waals surface area (Å²) in [5, 5.41) is 15.5. The summed E-state index contributed by atoms with van der Waals surface area (Å²) in [6, 6.07) is 12.6. The number of aromatic nitrogens is 4. The maximum Gasteiger partial charge on any atom is 0.416 e.